The lowest BCUT2D eigenvalue weighted by Crippen LogP contribution is -2.07. The van der Waals surface area contributed by atoms with Crippen molar-refractivity contribution in [1.29, 1.82) is 0 Å². The smallest absolute Gasteiger partial charge is 0.109 e. The number of aryl methyl sites for hydroxylation is 1. The first kappa shape index (κ1) is 7.10. The topological polar surface area (TPSA) is 38.9 Å². The minimum atomic E-state index is 0.732. The van der Waals surface area contributed by atoms with Crippen LogP contribution < -0.4 is 5.73 Å². The van der Waals surface area contributed by atoms with Crippen molar-refractivity contribution in [2.75, 3.05) is 5.73 Å². The lowest BCUT2D eigenvalue weighted by atomic mass is 9.86. The van der Waals surface area contributed by atoms with Gasteiger partial charge in [-0.25, -0.2) is 4.98 Å². The van der Waals surface area contributed by atoms with Crippen molar-refractivity contribution in [2.45, 2.75) is 32.1 Å². The molecule has 1 aliphatic carbocycles. The van der Waals surface area contributed by atoms with Crippen LogP contribution in [0.2, 0.25) is 0 Å². The highest BCUT2D eigenvalue weighted by Gasteiger charge is 2.22. The fraction of sp³-hybridized carbons (Fsp3) is 0.625. The fourth-order valence-corrected chi connectivity index (χ4v) is 2.26. The molecule has 0 aromatic carbocycles. The first-order valence-electron chi connectivity index (χ1n) is 4.00. The zero-order valence-corrected chi connectivity index (χ0v) is 7.45. The zero-order chi connectivity index (χ0) is 7.84. The van der Waals surface area contributed by atoms with Crippen LogP contribution in [0.5, 0.6) is 0 Å². The van der Waals surface area contributed by atoms with Crippen LogP contribution in [0.25, 0.3) is 0 Å². The van der Waals surface area contributed by atoms with Gasteiger partial charge in [-0.15, -0.1) is 11.3 Å². The van der Waals surface area contributed by atoms with Gasteiger partial charge >= 0.3 is 0 Å². The quantitative estimate of drug-likeness (QED) is 0.698. The molecule has 0 saturated heterocycles. The van der Waals surface area contributed by atoms with Gasteiger partial charge < -0.3 is 5.73 Å². The summed E-state index contributed by atoms with van der Waals surface area (Å²) in [5.41, 5.74) is 6.72. The van der Waals surface area contributed by atoms with E-state index in [2.05, 4.69) is 4.98 Å². The monoisotopic (exact) mass is 168 g/mol. The average molecular weight is 168 g/mol. The molecule has 1 aromatic heterocycles. The van der Waals surface area contributed by atoms with Crippen molar-refractivity contribution < 1.29 is 0 Å². The molecule has 2 N–H and O–H groups in total. The third kappa shape index (κ3) is 1.13. The number of nitrogen functional groups attached to an aromatic ring is 1. The number of hydrogen-bond acceptors (Lipinski definition) is 3. The number of anilines is 1. The Morgan fingerprint density at radius 2 is 2.27 bits per heavy atom. The van der Waals surface area contributed by atoms with E-state index in [4.69, 9.17) is 5.73 Å². The second-order valence-electron chi connectivity index (χ2n) is 3.13. The molecular formula is C8H12N2S. The van der Waals surface area contributed by atoms with Gasteiger partial charge in [-0.05, 0) is 19.8 Å². The Morgan fingerprint density at radius 3 is 2.64 bits per heavy atom. The Balaban J connectivity index is 2.24. The molecule has 1 saturated carbocycles. The summed E-state index contributed by atoms with van der Waals surface area (Å²) < 4.78 is 0. The number of thiazole rings is 1. The molecule has 60 valence electrons. The minimum absolute atomic E-state index is 0.732. The lowest BCUT2D eigenvalue weighted by Gasteiger charge is -2.22. The molecule has 1 heterocycles. The Hall–Kier alpha value is -0.570. The van der Waals surface area contributed by atoms with E-state index < -0.39 is 0 Å². The second kappa shape index (κ2) is 2.48. The third-order valence-electron chi connectivity index (χ3n) is 2.30. The zero-order valence-electron chi connectivity index (χ0n) is 6.63. The third-order valence-corrected chi connectivity index (χ3v) is 3.45. The van der Waals surface area contributed by atoms with Crippen molar-refractivity contribution in [3.8, 4) is 0 Å². The van der Waals surface area contributed by atoms with Crippen LogP contribution in [0.4, 0.5) is 5.00 Å². The summed E-state index contributed by atoms with van der Waals surface area (Å²) in [5.74, 6) is 0.732. The lowest BCUT2D eigenvalue weighted by molar-refractivity contribution is 0.418. The van der Waals surface area contributed by atoms with Gasteiger partial charge in [0.25, 0.3) is 0 Å². The number of hydrogen-bond donors (Lipinski definition) is 1. The summed E-state index contributed by atoms with van der Waals surface area (Å²) in [5, 5.41) is 2.15. The first-order valence-corrected chi connectivity index (χ1v) is 4.82. The molecule has 2 rings (SSSR count). The normalized spacial score (nSPS) is 18.3. The first-order chi connectivity index (χ1) is 5.27. The molecule has 0 amide bonds. The van der Waals surface area contributed by atoms with E-state index in [1.165, 1.54) is 24.3 Å². The maximum Gasteiger partial charge on any atom is 0.109 e. The van der Waals surface area contributed by atoms with Crippen LogP contribution in [0, 0.1) is 6.92 Å². The molecule has 0 aliphatic heterocycles. The maximum atomic E-state index is 5.71. The Bertz CT molecular complexity index is 244. The predicted molar refractivity (Wildman–Crippen MR) is 47.9 cm³/mol. The number of rotatable bonds is 1. The van der Waals surface area contributed by atoms with E-state index in [0.29, 0.717) is 0 Å². The van der Waals surface area contributed by atoms with Gasteiger partial charge in [0.1, 0.15) is 5.00 Å². The van der Waals surface area contributed by atoms with Gasteiger partial charge in [0.2, 0.25) is 0 Å². The summed E-state index contributed by atoms with van der Waals surface area (Å²) in [6, 6.07) is 0. The van der Waals surface area contributed by atoms with Crippen LogP contribution in [0.3, 0.4) is 0 Å². The van der Waals surface area contributed by atoms with Crippen LogP contribution in [0.1, 0.15) is 35.9 Å². The van der Waals surface area contributed by atoms with Crippen LogP contribution in [-0.2, 0) is 0 Å². The summed E-state index contributed by atoms with van der Waals surface area (Å²) >= 11 is 1.66. The molecule has 11 heavy (non-hydrogen) atoms. The van der Waals surface area contributed by atoms with Gasteiger partial charge in [0.05, 0.1) is 10.7 Å². The van der Waals surface area contributed by atoms with E-state index >= 15 is 0 Å². The van der Waals surface area contributed by atoms with Gasteiger partial charge in [-0.2, -0.15) is 0 Å². The molecule has 0 radical (unpaired) electrons. The largest absolute Gasteiger partial charge is 0.389 e. The molecule has 0 bridgehead atoms. The molecule has 0 unspecified atom stereocenters. The second-order valence-corrected chi connectivity index (χ2v) is 4.19. The Labute approximate surface area is 70.5 Å². The molecule has 2 nitrogen and oxygen atoms in total. The summed E-state index contributed by atoms with van der Waals surface area (Å²) in [6.07, 6.45) is 3.99. The van der Waals surface area contributed by atoms with Crippen molar-refractivity contribution in [2.24, 2.45) is 0 Å². The standard InChI is InChI=1S/C8H12N2S/c1-5-7(9)11-8(10-5)6-3-2-4-6/h6H,2-4,9H2,1H3. The minimum Gasteiger partial charge on any atom is -0.389 e. The highest BCUT2D eigenvalue weighted by Crippen LogP contribution is 2.39. The highest BCUT2D eigenvalue weighted by molar-refractivity contribution is 7.15. The summed E-state index contributed by atoms with van der Waals surface area (Å²) in [6.45, 7) is 1.98. The number of nitrogens with zero attached hydrogens (tertiary/aromatic N) is 1. The summed E-state index contributed by atoms with van der Waals surface area (Å²) in [7, 11) is 0. The van der Waals surface area contributed by atoms with Gasteiger partial charge in [-0.1, -0.05) is 6.42 Å². The highest BCUT2D eigenvalue weighted by atomic mass is 32.1. The van der Waals surface area contributed by atoms with Gasteiger partial charge in [0, 0.05) is 5.92 Å². The van der Waals surface area contributed by atoms with E-state index in [1.54, 1.807) is 11.3 Å². The van der Waals surface area contributed by atoms with E-state index in [-0.39, 0.29) is 0 Å². The van der Waals surface area contributed by atoms with E-state index in [9.17, 15) is 0 Å². The molecule has 1 aromatic rings. The molecule has 0 atom stereocenters. The SMILES string of the molecule is Cc1nc(C2CCC2)sc1N. The molecule has 3 heteroatoms. The average Bonchev–Trinajstić information content (AvgIpc) is 2.08. The van der Waals surface area contributed by atoms with Gasteiger partial charge in [0.15, 0.2) is 0 Å². The molecular weight excluding hydrogens is 156 g/mol. The summed E-state index contributed by atoms with van der Waals surface area (Å²) in [4.78, 5) is 4.43. The Morgan fingerprint density at radius 1 is 1.55 bits per heavy atom. The van der Waals surface area contributed by atoms with Gasteiger partial charge in [-0.3, -0.25) is 0 Å². The van der Waals surface area contributed by atoms with Crippen LogP contribution >= 0.6 is 11.3 Å². The molecule has 1 aliphatic rings. The number of aromatic nitrogens is 1. The fourth-order valence-electron chi connectivity index (χ4n) is 1.26. The van der Waals surface area contributed by atoms with E-state index in [1.807, 2.05) is 6.92 Å². The predicted octanol–water partition coefficient (Wildman–Crippen LogP) is 2.30. The van der Waals surface area contributed by atoms with Crippen LogP contribution in [-0.4, -0.2) is 4.98 Å². The number of nitrogens with two attached hydrogens (primary N) is 1. The van der Waals surface area contributed by atoms with Crippen molar-refractivity contribution in [1.82, 2.24) is 4.98 Å². The Kier molecular flexibility index (Phi) is 1.60. The van der Waals surface area contributed by atoms with Crippen molar-refractivity contribution in [3.05, 3.63) is 10.7 Å². The van der Waals surface area contributed by atoms with Crippen LogP contribution in [0.15, 0.2) is 0 Å². The van der Waals surface area contributed by atoms with Crippen molar-refractivity contribution in [3.63, 3.8) is 0 Å². The maximum absolute atomic E-state index is 5.71. The molecule has 1 fully saturated rings. The van der Waals surface area contributed by atoms with E-state index in [0.717, 1.165) is 16.6 Å². The molecule has 0 spiro atoms. The van der Waals surface area contributed by atoms with Crippen molar-refractivity contribution >= 4 is 16.3 Å².